The van der Waals surface area contributed by atoms with Gasteiger partial charge in [-0.05, 0) is 25.7 Å². The van der Waals surface area contributed by atoms with Crippen LogP contribution in [0, 0.1) is 18.8 Å². The van der Waals surface area contributed by atoms with E-state index in [0.29, 0.717) is 19.1 Å². The van der Waals surface area contributed by atoms with E-state index in [-0.39, 0.29) is 17.8 Å². The second-order valence-electron chi connectivity index (χ2n) is 7.85. The number of aryl methyl sites for hydroxylation is 1. The van der Waals surface area contributed by atoms with Gasteiger partial charge in [0.2, 0.25) is 0 Å². The summed E-state index contributed by atoms with van der Waals surface area (Å²) in [6, 6.07) is 0.450. The van der Waals surface area contributed by atoms with Gasteiger partial charge in [0.05, 0.1) is 13.0 Å². The number of hydrogen-bond donors (Lipinski definition) is 1. The van der Waals surface area contributed by atoms with Gasteiger partial charge in [-0.15, -0.1) is 10.2 Å². The summed E-state index contributed by atoms with van der Waals surface area (Å²) in [5.41, 5.74) is 0. The average Bonchev–Trinajstić information content (AvgIpc) is 3.22. The summed E-state index contributed by atoms with van der Waals surface area (Å²) in [6.07, 6.45) is 6.18. The zero-order valence-corrected chi connectivity index (χ0v) is 16.9. The number of likely N-dealkylation sites (tertiary alicyclic amines) is 1. The predicted octanol–water partition coefficient (Wildman–Crippen LogP) is 1.64. The third kappa shape index (κ3) is 4.59. The highest BCUT2D eigenvalue weighted by Crippen LogP contribution is 2.25. The fourth-order valence-corrected chi connectivity index (χ4v) is 4.00. The molecule has 2 fully saturated rings. The smallest absolute Gasteiger partial charge is 0.310 e. The minimum absolute atomic E-state index is 0.106. The Labute approximate surface area is 161 Å². The molecule has 0 spiro atoms. The number of carbonyl (C=O) groups excluding carboxylic acids is 1. The van der Waals surface area contributed by atoms with Gasteiger partial charge in [0.25, 0.3) is 0 Å². The van der Waals surface area contributed by atoms with Crippen LogP contribution in [0.25, 0.3) is 0 Å². The minimum atomic E-state index is -0.133. The molecule has 27 heavy (non-hydrogen) atoms. The number of ether oxygens (including phenoxy) is 1. The summed E-state index contributed by atoms with van der Waals surface area (Å²) in [5, 5.41) is 12.0. The minimum Gasteiger partial charge on any atom is -0.469 e. The summed E-state index contributed by atoms with van der Waals surface area (Å²) in [6.45, 7) is 5.96. The highest BCUT2D eigenvalue weighted by Gasteiger charge is 2.37. The van der Waals surface area contributed by atoms with Crippen LogP contribution in [0.4, 0.5) is 0 Å². The molecule has 1 aliphatic heterocycles. The molecule has 1 saturated heterocycles. The van der Waals surface area contributed by atoms with Crippen LogP contribution < -0.4 is 5.32 Å². The lowest BCUT2D eigenvalue weighted by Crippen LogP contribution is -2.46. The molecule has 3 rings (SSSR count). The van der Waals surface area contributed by atoms with E-state index in [9.17, 15) is 4.79 Å². The van der Waals surface area contributed by atoms with Crippen molar-refractivity contribution in [3.05, 3.63) is 11.6 Å². The van der Waals surface area contributed by atoms with Gasteiger partial charge in [-0.3, -0.25) is 4.79 Å². The SMILES string of the molecule is COC(=O)C1CN(C(=NCc2nnc(C)n2C)NC2CCCCC2)CC1C. The normalized spacial score (nSPS) is 24.3. The molecule has 0 bridgehead atoms. The lowest BCUT2D eigenvalue weighted by Gasteiger charge is -2.29. The topological polar surface area (TPSA) is 84.6 Å². The average molecular weight is 377 g/mol. The van der Waals surface area contributed by atoms with E-state index in [1.165, 1.54) is 39.2 Å². The number of rotatable bonds is 4. The van der Waals surface area contributed by atoms with E-state index >= 15 is 0 Å². The number of carbonyl (C=O) groups is 1. The molecule has 1 aromatic heterocycles. The van der Waals surface area contributed by atoms with Crippen molar-refractivity contribution in [2.24, 2.45) is 23.9 Å². The Morgan fingerprint density at radius 1 is 1.26 bits per heavy atom. The van der Waals surface area contributed by atoms with Crippen molar-refractivity contribution in [2.75, 3.05) is 20.2 Å². The number of guanidine groups is 1. The Kier molecular flexibility index (Phi) is 6.34. The van der Waals surface area contributed by atoms with Crippen molar-refractivity contribution in [2.45, 2.75) is 58.5 Å². The molecular formula is C19H32N6O2. The van der Waals surface area contributed by atoms with E-state index in [4.69, 9.17) is 9.73 Å². The van der Waals surface area contributed by atoms with E-state index in [1.807, 2.05) is 18.5 Å². The Bertz CT molecular complexity index is 680. The first-order valence-electron chi connectivity index (χ1n) is 9.98. The largest absolute Gasteiger partial charge is 0.469 e. The molecule has 2 unspecified atom stereocenters. The first-order chi connectivity index (χ1) is 13.0. The number of nitrogens with one attached hydrogen (secondary N) is 1. The molecule has 2 aliphatic rings. The molecule has 2 heterocycles. The Morgan fingerprint density at radius 2 is 2.00 bits per heavy atom. The van der Waals surface area contributed by atoms with Crippen molar-refractivity contribution < 1.29 is 9.53 Å². The van der Waals surface area contributed by atoms with Crippen LogP contribution >= 0.6 is 0 Å². The molecule has 150 valence electrons. The zero-order valence-electron chi connectivity index (χ0n) is 16.9. The van der Waals surface area contributed by atoms with E-state index in [2.05, 4.69) is 27.3 Å². The molecule has 1 aromatic rings. The quantitative estimate of drug-likeness (QED) is 0.489. The molecule has 8 heteroatoms. The summed E-state index contributed by atoms with van der Waals surface area (Å²) in [5.74, 6) is 2.60. The molecule has 0 radical (unpaired) electrons. The van der Waals surface area contributed by atoms with Gasteiger partial charge in [0.15, 0.2) is 11.8 Å². The van der Waals surface area contributed by atoms with Crippen LogP contribution in [-0.4, -0.2) is 57.8 Å². The van der Waals surface area contributed by atoms with E-state index in [1.54, 1.807) is 0 Å². The van der Waals surface area contributed by atoms with Gasteiger partial charge in [-0.1, -0.05) is 26.2 Å². The Morgan fingerprint density at radius 3 is 2.63 bits per heavy atom. The van der Waals surface area contributed by atoms with Crippen LogP contribution in [0.15, 0.2) is 4.99 Å². The van der Waals surface area contributed by atoms with Crippen LogP contribution in [-0.2, 0) is 23.1 Å². The molecule has 1 saturated carbocycles. The van der Waals surface area contributed by atoms with Gasteiger partial charge in [-0.2, -0.15) is 0 Å². The Balaban J connectivity index is 1.75. The van der Waals surface area contributed by atoms with Gasteiger partial charge in [-0.25, -0.2) is 4.99 Å². The number of methoxy groups -OCH3 is 1. The zero-order chi connectivity index (χ0) is 19.4. The van der Waals surface area contributed by atoms with Crippen LogP contribution in [0.1, 0.15) is 50.7 Å². The van der Waals surface area contributed by atoms with Gasteiger partial charge >= 0.3 is 5.97 Å². The van der Waals surface area contributed by atoms with Crippen LogP contribution in [0.3, 0.4) is 0 Å². The third-order valence-corrected chi connectivity index (χ3v) is 5.91. The van der Waals surface area contributed by atoms with Gasteiger partial charge in [0.1, 0.15) is 12.4 Å². The maximum Gasteiger partial charge on any atom is 0.310 e. The summed E-state index contributed by atoms with van der Waals surface area (Å²) < 4.78 is 6.95. The lowest BCUT2D eigenvalue weighted by atomic mass is 9.96. The fourth-order valence-electron chi connectivity index (χ4n) is 4.00. The number of nitrogens with zero attached hydrogens (tertiary/aromatic N) is 5. The lowest BCUT2D eigenvalue weighted by molar-refractivity contribution is -0.145. The van der Waals surface area contributed by atoms with Crippen LogP contribution in [0.5, 0.6) is 0 Å². The first kappa shape index (κ1) is 19.6. The molecule has 8 nitrogen and oxygen atoms in total. The van der Waals surface area contributed by atoms with Crippen molar-refractivity contribution >= 4 is 11.9 Å². The number of aromatic nitrogens is 3. The number of aliphatic imine (C=N–C) groups is 1. The number of esters is 1. The highest BCUT2D eigenvalue weighted by atomic mass is 16.5. The molecule has 0 amide bonds. The van der Waals surface area contributed by atoms with Crippen molar-refractivity contribution in [1.29, 1.82) is 0 Å². The maximum atomic E-state index is 12.1. The second-order valence-corrected chi connectivity index (χ2v) is 7.85. The molecule has 2 atom stereocenters. The highest BCUT2D eigenvalue weighted by molar-refractivity contribution is 5.82. The van der Waals surface area contributed by atoms with Crippen molar-refractivity contribution in [3.8, 4) is 0 Å². The molecule has 1 N–H and O–H groups in total. The van der Waals surface area contributed by atoms with Crippen molar-refractivity contribution in [1.82, 2.24) is 25.0 Å². The van der Waals surface area contributed by atoms with Gasteiger partial charge in [0, 0.05) is 26.2 Å². The number of hydrogen-bond acceptors (Lipinski definition) is 5. The van der Waals surface area contributed by atoms with E-state index in [0.717, 1.165) is 24.2 Å². The second kappa shape index (κ2) is 8.71. The summed E-state index contributed by atoms with van der Waals surface area (Å²) >= 11 is 0. The van der Waals surface area contributed by atoms with E-state index < -0.39 is 0 Å². The fraction of sp³-hybridized carbons (Fsp3) is 0.789. The maximum absolute atomic E-state index is 12.1. The third-order valence-electron chi connectivity index (χ3n) is 5.91. The Hall–Kier alpha value is -2.12. The molecular weight excluding hydrogens is 344 g/mol. The van der Waals surface area contributed by atoms with Crippen molar-refractivity contribution in [3.63, 3.8) is 0 Å². The first-order valence-corrected chi connectivity index (χ1v) is 9.98. The summed E-state index contributed by atoms with van der Waals surface area (Å²) in [4.78, 5) is 19.1. The molecule has 0 aromatic carbocycles. The predicted molar refractivity (Wildman–Crippen MR) is 103 cm³/mol. The summed E-state index contributed by atoms with van der Waals surface area (Å²) in [7, 11) is 3.42. The molecule has 1 aliphatic carbocycles. The standard InChI is InChI=1S/C19H32N6O2/c1-13-11-25(12-16(13)18(26)27-4)19(21-15-8-6-5-7-9-15)20-10-17-23-22-14(2)24(17)3/h13,15-16H,5-12H2,1-4H3,(H,20,21). The van der Waals surface area contributed by atoms with Gasteiger partial charge < -0.3 is 19.5 Å². The monoisotopic (exact) mass is 376 g/mol. The van der Waals surface area contributed by atoms with Crippen LogP contribution in [0.2, 0.25) is 0 Å².